The normalized spacial score (nSPS) is 19.0. The van der Waals surface area contributed by atoms with Crippen LogP contribution in [0.3, 0.4) is 0 Å². The van der Waals surface area contributed by atoms with Gasteiger partial charge < -0.3 is 10.1 Å². The van der Waals surface area contributed by atoms with Crippen LogP contribution in [0.15, 0.2) is 59.8 Å². The number of rotatable bonds is 1. The molecule has 2 aromatic carbocycles. The Hall–Kier alpha value is -2.79. The van der Waals surface area contributed by atoms with Gasteiger partial charge in [0.15, 0.2) is 0 Å². The molecule has 1 N–H and O–H groups in total. The Morgan fingerprint density at radius 3 is 2.79 bits per heavy atom. The first kappa shape index (κ1) is 13.6. The highest BCUT2D eigenvalue weighted by Crippen LogP contribution is 2.41. The van der Waals surface area contributed by atoms with Crippen molar-refractivity contribution >= 4 is 34.6 Å². The lowest BCUT2D eigenvalue weighted by molar-refractivity contribution is -0.136. The molecular formula is C18H12ClN3O2. The van der Waals surface area contributed by atoms with E-state index in [1.807, 2.05) is 53.1 Å². The summed E-state index contributed by atoms with van der Waals surface area (Å²) in [6.07, 6.45) is 0. The Bertz CT molecular complexity index is 1020. The number of para-hydroxylation sites is 2. The van der Waals surface area contributed by atoms with Crippen molar-refractivity contribution < 1.29 is 9.53 Å². The van der Waals surface area contributed by atoms with Gasteiger partial charge in [-0.3, -0.25) is 4.57 Å². The van der Waals surface area contributed by atoms with Crippen molar-refractivity contribution in [1.82, 2.24) is 9.55 Å². The fourth-order valence-electron chi connectivity index (χ4n) is 3.42. The van der Waals surface area contributed by atoms with Gasteiger partial charge in [0.2, 0.25) is 5.95 Å². The SMILES string of the molecule is O=C1OCC2=C1C(c1ccc(Cl)cc1)n1c(nc3ccccc31)N2. The quantitative estimate of drug-likeness (QED) is 0.690. The van der Waals surface area contributed by atoms with E-state index in [0.717, 1.165) is 22.3 Å². The smallest absolute Gasteiger partial charge is 0.338 e. The monoisotopic (exact) mass is 337 g/mol. The zero-order valence-electron chi connectivity index (χ0n) is 12.5. The Kier molecular flexibility index (Phi) is 2.76. The molecule has 24 heavy (non-hydrogen) atoms. The van der Waals surface area contributed by atoms with Crippen LogP contribution in [0.5, 0.6) is 0 Å². The minimum atomic E-state index is -0.291. The van der Waals surface area contributed by atoms with Crippen molar-refractivity contribution in [3.63, 3.8) is 0 Å². The number of halogens is 1. The molecule has 0 saturated heterocycles. The molecule has 3 heterocycles. The molecule has 0 fully saturated rings. The van der Waals surface area contributed by atoms with Gasteiger partial charge in [0.25, 0.3) is 0 Å². The molecule has 0 amide bonds. The first-order valence-corrected chi connectivity index (χ1v) is 8.00. The molecule has 0 saturated carbocycles. The number of cyclic esters (lactones) is 1. The maximum Gasteiger partial charge on any atom is 0.338 e. The van der Waals surface area contributed by atoms with Crippen LogP contribution in [0.1, 0.15) is 11.6 Å². The third kappa shape index (κ3) is 1.82. The Labute approximate surface area is 142 Å². The molecule has 0 radical (unpaired) electrons. The predicted octanol–water partition coefficient (Wildman–Crippen LogP) is 3.52. The molecule has 0 bridgehead atoms. The number of imidazole rings is 1. The number of carbonyl (C=O) groups is 1. The molecule has 118 valence electrons. The van der Waals surface area contributed by atoms with E-state index in [9.17, 15) is 4.79 Å². The standard InChI is InChI=1S/C18H12ClN3O2/c19-11-7-5-10(6-8-11)16-15-13(9-24-17(15)23)21-18-20-12-3-1-2-4-14(12)22(16)18/h1-8,16H,9H2,(H,20,21). The first-order chi connectivity index (χ1) is 11.7. The van der Waals surface area contributed by atoms with Gasteiger partial charge in [-0.1, -0.05) is 35.9 Å². The summed E-state index contributed by atoms with van der Waals surface area (Å²) in [5.41, 5.74) is 4.23. The molecule has 1 unspecified atom stereocenters. The van der Waals surface area contributed by atoms with Crippen LogP contribution in [0.2, 0.25) is 5.02 Å². The molecule has 2 aliphatic rings. The van der Waals surface area contributed by atoms with Crippen molar-refractivity contribution in [3.05, 3.63) is 70.4 Å². The van der Waals surface area contributed by atoms with Crippen LogP contribution in [0, 0.1) is 0 Å². The lowest BCUT2D eigenvalue weighted by Crippen LogP contribution is -2.25. The van der Waals surface area contributed by atoms with Crippen LogP contribution in [-0.4, -0.2) is 22.1 Å². The van der Waals surface area contributed by atoms with E-state index in [2.05, 4.69) is 10.3 Å². The van der Waals surface area contributed by atoms with Gasteiger partial charge >= 0.3 is 5.97 Å². The minimum Gasteiger partial charge on any atom is -0.456 e. The number of hydrogen-bond donors (Lipinski definition) is 1. The molecule has 1 atom stereocenters. The van der Waals surface area contributed by atoms with Crippen molar-refractivity contribution in [2.45, 2.75) is 6.04 Å². The minimum absolute atomic E-state index is 0.251. The Morgan fingerprint density at radius 1 is 1.17 bits per heavy atom. The van der Waals surface area contributed by atoms with Gasteiger partial charge in [-0.2, -0.15) is 0 Å². The average molecular weight is 338 g/mol. The maximum absolute atomic E-state index is 12.3. The van der Waals surface area contributed by atoms with E-state index in [-0.39, 0.29) is 18.6 Å². The number of fused-ring (bicyclic) bond motifs is 3. The number of hydrogen-bond acceptors (Lipinski definition) is 4. The second-order valence-corrected chi connectivity index (χ2v) is 6.28. The fraction of sp³-hybridized carbons (Fsp3) is 0.111. The summed E-state index contributed by atoms with van der Waals surface area (Å²) >= 11 is 6.03. The molecule has 0 aliphatic carbocycles. The largest absolute Gasteiger partial charge is 0.456 e. The highest BCUT2D eigenvalue weighted by molar-refractivity contribution is 6.30. The molecule has 5 rings (SSSR count). The molecular weight excluding hydrogens is 326 g/mol. The summed E-state index contributed by atoms with van der Waals surface area (Å²) in [5, 5.41) is 3.91. The number of nitrogens with zero attached hydrogens (tertiary/aromatic N) is 2. The Balaban J connectivity index is 1.81. The van der Waals surface area contributed by atoms with Crippen LogP contribution < -0.4 is 5.32 Å². The summed E-state index contributed by atoms with van der Waals surface area (Å²) < 4.78 is 7.29. The molecule has 5 nitrogen and oxygen atoms in total. The molecule has 2 aliphatic heterocycles. The number of nitrogens with one attached hydrogen (secondary N) is 1. The molecule has 1 aromatic heterocycles. The maximum atomic E-state index is 12.3. The second kappa shape index (κ2) is 4.85. The van der Waals surface area contributed by atoms with Gasteiger partial charge in [0.05, 0.1) is 28.3 Å². The third-order valence-corrected chi connectivity index (χ3v) is 4.72. The summed E-state index contributed by atoms with van der Waals surface area (Å²) in [4.78, 5) is 17.0. The number of carbonyl (C=O) groups excluding carboxylic acids is 1. The first-order valence-electron chi connectivity index (χ1n) is 7.62. The zero-order valence-corrected chi connectivity index (χ0v) is 13.2. The van der Waals surface area contributed by atoms with E-state index < -0.39 is 0 Å². The predicted molar refractivity (Wildman–Crippen MR) is 90.9 cm³/mol. The number of benzene rings is 2. The van der Waals surface area contributed by atoms with E-state index >= 15 is 0 Å². The van der Waals surface area contributed by atoms with Crippen LogP contribution in [-0.2, 0) is 9.53 Å². The van der Waals surface area contributed by atoms with E-state index in [0.29, 0.717) is 16.5 Å². The topological polar surface area (TPSA) is 56.2 Å². The van der Waals surface area contributed by atoms with Crippen LogP contribution in [0.4, 0.5) is 5.95 Å². The zero-order chi connectivity index (χ0) is 16.3. The van der Waals surface area contributed by atoms with Crippen LogP contribution in [0.25, 0.3) is 11.0 Å². The van der Waals surface area contributed by atoms with Crippen molar-refractivity contribution in [2.24, 2.45) is 0 Å². The number of ether oxygens (including phenoxy) is 1. The number of aromatic nitrogens is 2. The van der Waals surface area contributed by atoms with Crippen molar-refractivity contribution in [1.29, 1.82) is 0 Å². The summed E-state index contributed by atoms with van der Waals surface area (Å²) in [6, 6.07) is 15.1. The van der Waals surface area contributed by atoms with Gasteiger partial charge in [-0.25, -0.2) is 9.78 Å². The summed E-state index contributed by atoms with van der Waals surface area (Å²) in [7, 11) is 0. The highest BCUT2D eigenvalue weighted by atomic mass is 35.5. The molecule has 6 heteroatoms. The summed E-state index contributed by atoms with van der Waals surface area (Å²) in [6.45, 7) is 0.251. The van der Waals surface area contributed by atoms with Gasteiger partial charge in [0, 0.05) is 5.02 Å². The lowest BCUT2D eigenvalue weighted by Gasteiger charge is -2.27. The number of anilines is 1. The van der Waals surface area contributed by atoms with Crippen molar-refractivity contribution in [2.75, 3.05) is 11.9 Å². The van der Waals surface area contributed by atoms with E-state index in [1.165, 1.54) is 0 Å². The fourth-order valence-corrected chi connectivity index (χ4v) is 3.54. The molecule has 3 aromatic rings. The van der Waals surface area contributed by atoms with Crippen molar-refractivity contribution in [3.8, 4) is 0 Å². The van der Waals surface area contributed by atoms with Crippen LogP contribution >= 0.6 is 11.6 Å². The van der Waals surface area contributed by atoms with E-state index in [4.69, 9.17) is 16.3 Å². The summed E-state index contributed by atoms with van der Waals surface area (Å²) in [5.74, 6) is 0.425. The highest BCUT2D eigenvalue weighted by Gasteiger charge is 2.39. The average Bonchev–Trinajstić information content (AvgIpc) is 3.14. The molecule has 0 spiro atoms. The lowest BCUT2D eigenvalue weighted by atomic mass is 9.96. The van der Waals surface area contributed by atoms with Gasteiger partial charge in [-0.15, -0.1) is 0 Å². The second-order valence-electron chi connectivity index (χ2n) is 5.84. The Morgan fingerprint density at radius 2 is 1.96 bits per heavy atom. The van der Waals surface area contributed by atoms with Gasteiger partial charge in [-0.05, 0) is 29.8 Å². The third-order valence-electron chi connectivity index (χ3n) is 4.47. The number of esters is 1. The van der Waals surface area contributed by atoms with Gasteiger partial charge in [0.1, 0.15) is 6.61 Å². The van der Waals surface area contributed by atoms with E-state index in [1.54, 1.807) is 0 Å².